The summed E-state index contributed by atoms with van der Waals surface area (Å²) in [5.41, 5.74) is 3.38. The van der Waals surface area contributed by atoms with Crippen LogP contribution >= 0.6 is 0 Å². The van der Waals surface area contributed by atoms with Crippen molar-refractivity contribution in [2.75, 3.05) is 16.8 Å². The maximum atomic E-state index is 12.9. The fourth-order valence-corrected chi connectivity index (χ4v) is 3.74. The molecule has 3 aromatic rings. The summed E-state index contributed by atoms with van der Waals surface area (Å²) >= 11 is 0. The van der Waals surface area contributed by atoms with Crippen LogP contribution in [0.5, 0.6) is 0 Å². The second kappa shape index (κ2) is 8.83. The summed E-state index contributed by atoms with van der Waals surface area (Å²) in [6.45, 7) is 1.34. The van der Waals surface area contributed by atoms with Gasteiger partial charge < -0.3 is 5.32 Å². The lowest BCUT2D eigenvalue weighted by Gasteiger charge is -2.19. The number of hydrogen-bond donors (Lipinski definition) is 1. The highest BCUT2D eigenvalue weighted by Gasteiger charge is 2.44. The summed E-state index contributed by atoms with van der Waals surface area (Å²) in [7, 11) is 0. The molecule has 3 aromatic carbocycles. The average Bonchev–Trinajstić information content (AvgIpc) is 2.99. The van der Waals surface area contributed by atoms with E-state index in [1.165, 1.54) is 4.90 Å². The number of nitrogens with one attached hydrogen (secondary N) is 1. The molecule has 0 aromatic heterocycles. The van der Waals surface area contributed by atoms with Crippen LogP contribution in [0.4, 0.5) is 16.2 Å². The van der Waals surface area contributed by atoms with Crippen molar-refractivity contribution in [1.82, 2.24) is 4.90 Å². The van der Waals surface area contributed by atoms with Crippen LogP contribution in [0, 0.1) is 0 Å². The zero-order chi connectivity index (χ0) is 21.8. The van der Waals surface area contributed by atoms with E-state index in [1.54, 1.807) is 31.2 Å². The van der Waals surface area contributed by atoms with Crippen LogP contribution in [0.2, 0.25) is 0 Å². The molecule has 1 saturated heterocycles. The minimum Gasteiger partial charge on any atom is -0.324 e. The summed E-state index contributed by atoms with van der Waals surface area (Å²) in [6, 6.07) is 25.3. The number of nitrogens with zero attached hydrogens (tertiary/aromatic N) is 2. The Kier molecular flexibility index (Phi) is 5.80. The molecule has 4 amide bonds. The molecule has 0 saturated carbocycles. The molecule has 6 heteroatoms. The van der Waals surface area contributed by atoms with E-state index in [4.69, 9.17) is 0 Å². The van der Waals surface area contributed by atoms with Crippen LogP contribution in [0.3, 0.4) is 0 Å². The second-order valence-electron chi connectivity index (χ2n) is 7.46. The fourth-order valence-electron chi connectivity index (χ4n) is 3.74. The summed E-state index contributed by atoms with van der Waals surface area (Å²) < 4.78 is 0. The van der Waals surface area contributed by atoms with Gasteiger partial charge in [0.1, 0.15) is 12.6 Å². The van der Waals surface area contributed by atoms with Crippen molar-refractivity contribution in [3.8, 4) is 0 Å². The van der Waals surface area contributed by atoms with E-state index in [-0.39, 0.29) is 12.5 Å². The first-order valence-electron chi connectivity index (χ1n) is 10.2. The first kappa shape index (κ1) is 20.3. The summed E-state index contributed by atoms with van der Waals surface area (Å²) in [6.07, 6.45) is 0.664. The summed E-state index contributed by atoms with van der Waals surface area (Å²) in [5.74, 6) is -0.800. The highest BCUT2D eigenvalue weighted by molar-refractivity contribution is 6.16. The van der Waals surface area contributed by atoms with E-state index < -0.39 is 18.0 Å². The molecule has 4 rings (SSSR count). The third-order valence-corrected chi connectivity index (χ3v) is 5.31. The predicted octanol–water partition coefficient (Wildman–Crippen LogP) is 4.07. The lowest BCUT2D eigenvalue weighted by molar-refractivity contribution is -0.130. The molecule has 31 heavy (non-hydrogen) atoms. The van der Waals surface area contributed by atoms with Gasteiger partial charge in [-0.1, -0.05) is 66.7 Å². The van der Waals surface area contributed by atoms with Crippen LogP contribution < -0.4 is 10.2 Å². The third kappa shape index (κ3) is 4.33. The van der Waals surface area contributed by atoms with Gasteiger partial charge in [0, 0.05) is 11.4 Å². The topological polar surface area (TPSA) is 69.7 Å². The lowest BCUT2D eigenvalue weighted by atomic mass is 10.0. The van der Waals surface area contributed by atoms with E-state index in [9.17, 15) is 14.4 Å². The molecule has 0 bridgehead atoms. The zero-order valence-corrected chi connectivity index (χ0v) is 17.2. The van der Waals surface area contributed by atoms with E-state index in [1.807, 2.05) is 60.7 Å². The van der Waals surface area contributed by atoms with Gasteiger partial charge in [0.15, 0.2) is 0 Å². The minimum atomic E-state index is -0.659. The maximum Gasteiger partial charge on any atom is 0.332 e. The van der Waals surface area contributed by atoms with E-state index in [0.717, 1.165) is 16.0 Å². The summed E-state index contributed by atoms with van der Waals surface area (Å²) in [5, 5.41) is 2.86. The van der Waals surface area contributed by atoms with Crippen molar-refractivity contribution in [3.63, 3.8) is 0 Å². The molecular weight excluding hydrogens is 390 g/mol. The lowest BCUT2D eigenvalue weighted by Crippen LogP contribution is -2.39. The van der Waals surface area contributed by atoms with Gasteiger partial charge in [-0.15, -0.1) is 0 Å². The Morgan fingerprint density at radius 3 is 2.19 bits per heavy atom. The predicted molar refractivity (Wildman–Crippen MR) is 120 cm³/mol. The zero-order valence-electron chi connectivity index (χ0n) is 17.2. The maximum absolute atomic E-state index is 12.9. The van der Waals surface area contributed by atoms with Crippen molar-refractivity contribution in [3.05, 3.63) is 96.1 Å². The number of carbonyl (C=O) groups excluding carboxylic acids is 3. The number of imide groups is 1. The monoisotopic (exact) mass is 413 g/mol. The molecular formula is C25H23N3O3. The molecule has 1 fully saturated rings. The Balaban J connectivity index is 1.47. The average molecular weight is 413 g/mol. The van der Waals surface area contributed by atoms with Gasteiger partial charge in [-0.3, -0.25) is 19.4 Å². The molecule has 1 aliphatic rings. The van der Waals surface area contributed by atoms with Crippen molar-refractivity contribution in [1.29, 1.82) is 0 Å². The number of urea groups is 1. The molecule has 6 nitrogen and oxygen atoms in total. The largest absolute Gasteiger partial charge is 0.332 e. The van der Waals surface area contributed by atoms with E-state index in [2.05, 4.69) is 5.32 Å². The van der Waals surface area contributed by atoms with Crippen LogP contribution in [0.15, 0.2) is 84.9 Å². The Bertz CT molecular complexity index is 1100. The quantitative estimate of drug-likeness (QED) is 0.619. The standard InChI is InChI=1S/C25H23N3O3/c1-18-24(30)27(25(31)28(18)21-13-6-3-7-14-21)17-23(29)26-22-15-9-8-12-20(22)16-19-10-4-2-5-11-19/h2-15,18H,16-17H2,1H3,(H,26,29). The molecule has 1 unspecified atom stereocenters. The number of amides is 4. The number of hydrogen-bond acceptors (Lipinski definition) is 3. The smallest absolute Gasteiger partial charge is 0.324 e. The molecule has 1 heterocycles. The van der Waals surface area contributed by atoms with Crippen LogP contribution in [-0.2, 0) is 16.0 Å². The van der Waals surface area contributed by atoms with Gasteiger partial charge in [-0.25, -0.2) is 4.79 Å². The van der Waals surface area contributed by atoms with Crippen LogP contribution in [-0.4, -0.2) is 35.3 Å². The number of rotatable bonds is 6. The Labute approximate surface area is 181 Å². The normalized spacial score (nSPS) is 16.0. The van der Waals surface area contributed by atoms with Crippen LogP contribution in [0.1, 0.15) is 18.1 Å². The van der Waals surface area contributed by atoms with Gasteiger partial charge in [-0.2, -0.15) is 0 Å². The van der Waals surface area contributed by atoms with Crippen molar-refractivity contribution >= 4 is 29.2 Å². The Morgan fingerprint density at radius 1 is 0.871 bits per heavy atom. The molecule has 1 N–H and O–H groups in total. The first-order chi connectivity index (χ1) is 15.0. The number of para-hydroxylation sites is 2. The molecule has 1 atom stereocenters. The molecule has 156 valence electrons. The van der Waals surface area contributed by atoms with Crippen molar-refractivity contribution in [2.24, 2.45) is 0 Å². The second-order valence-corrected chi connectivity index (χ2v) is 7.46. The molecule has 0 radical (unpaired) electrons. The van der Waals surface area contributed by atoms with Gasteiger partial charge in [0.05, 0.1) is 0 Å². The number of anilines is 2. The summed E-state index contributed by atoms with van der Waals surface area (Å²) in [4.78, 5) is 40.7. The van der Waals surface area contributed by atoms with Gasteiger partial charge in [0.25, 0.3) is 5.91 Å². The SMILES string of the molecule is CC1C(=O)N(CC(=O)Nc2ccccc2Cc2ccccc2)C(=O)N1c1ccccc1. The first-order valence-corrected chi connectivity index (χ1v) is 10.2. The van der Waals surface area contributed by atoms with Gasteiger partial charge >= 0.3 is 6.03 Å². The van der Waals surface area contributed by atoms with Gasteiger partial charge in [-0.05, 0) is 42.7 Å². The number of benzene rings is 3. The molecule has 1 aliphatic heterocycles. The van der Waals surface area contributed by atoms with Crippen molar-refractivity contribution < 1.29 is 14.4 Å². The highest BCUT2D eigenvalue weighted by Crippen LogP contribution is 2.25. The third-order valence-electron chi connectivity index (χ3n) is 5.31. The van der Waals surface area contributed by atoms with Gasteiger partial charge in [0.2, 0.25) is 5.91 Å². The molecule has 0 spiro atoms. The van der Waals surface area contributed by atoms with E-state index >= 15 is 0 Å². The minimum absolute atomic E-state index is 0.328. The van der Waals surface area contributed by atoms with E-state index in [0.29, 0.717) is 17.8 Å². The molecule has 0 aliphatic carbocycles. The van der Waals surface area contributed by atoms with Crippen LogP contribution in [0.25, 0.3) is 0 Å². The van der Waals surface area contributed by atoms with Crippen molar-refractivity contribution in [2.45, 2.75) is 19.4 Å². The number of carbonyl (C=O) groups is 3. The highest BCUT2D eigenvalue weighted by atomic mass is 16.2. The Hall–Kier alpha value is -3.93. The fraction of sp³-hybridized carbons (Fsp3) is 0.160. The Morgan fingerprint density at radius 2 is 1.48 bits per heavy atom.